The van der Waals surface area contributed by atoms with Gasteiger partial charge in [0.05, 0.1) is 10.6 Å². The number of anilines is 1. The second-order valence-electron chi connectivity index (χ2n) is 5.02. The van der Waals surface area contributed by atoms with Gasteiger partial charge in [-0.2, -0.15) is 0 Å². The minimum atomic E-state index is -0.160. The third-order valence-electron chi connectivity index (χ3n) is 3.25. The van der Waals surface area contributed by atoms with Crippen LogP contribution in [0.25, 0.3) is 10.7 Å². The highest BCUT2D eigenvalue weighted by atomic mass is 35.5. The van der Waals surface area contributed by atoms with E-state index in [1.165, 1.54) is 11.8 Å². The molecule has 0 saturated heterocycles. The predicted molar refractivity (Wildman–Crippen MR) is 105 cm³/mol. The molecule has 0 aliphatic heterocycles. The number of nitrogens with zero attached hydrogens (tertiary/aromatic N) is 3. The Morgan fingerprint density at radius 2 is 2.04 bits per heavy atom. The van der Waals surface area contributed by atoms with Gasteiger partial charge in [-0.15, -0.1) is 21.5 Å². The zero-order valence-electron chi connectivity index (χ0n) is 13.2. The maximum Gasteiger partial charge on any atom is 0.234 e. The summed E-state index contributed by atoms with van der Waals surface area (Å²) in [7, 11) is 0. The van der Waals surface area contributed by atoms with Crippen LogP contribution in [-0.2, 0) is 11.3 Å². The largest absolute Gasteiger partial charge is 0.325 e. The molecule has 5 nitrogen and oxygen atoms in total. The smallest absolute Gasteiger partial charge is 0.234 e. The van der Waals surface area contributed by atoms with Gasteiger partial charge >= 0.3 is 0 Å². The van der Waals surface area contributed by atoms with Crippen molar-refractivity contribution in [3.63, 3.8) is 0 Å². The number of hydrogen-bond acceptors (Lipinski definition) is 5. The Morgan fingerprint density at radius 1 is 1.28 bits per heavy atom. The molecule has 1 N–H and O–H groups in total. The van der Waals surface area contributed by atoms with Crippen LogP contribution in [0.15, 0.2) is 40.9 Å². The van der Waals surface area contributed by atoms with E-state index in [0.29, 0.717) is 20.9 Å². The highest BCUT2D eigenvalue weighted by Gasteiger charge is 2.15. The highest BCUT2D eigenvalue weighted by molar-refractivity contribution is 7.99. The van der Waals surface area contributed by atoms with E-state index in [4.69, 9.17) is 23.2 Å². The van der Waals surface area contributed by atoms with Crippen LogP contribution in [-0.4, -0.2) is 26.4 Å². The molecule has 0 atom stereocenters. The summed E-state index contributed by atoms with van der Waals surface area (Å²) in [5, 5.41) is 14.9. The number of carbonyl (C=O) groups is 1. The van der Waals surface area contributed by atoms with E-state index in [0.717, 1.165) is 17.2 Å². The molecule has 0 saturated carbocycles. The lowest BCUT2D eigenvalue weighted by molar-refractivity contribution is -0.113. The van der Waals surface area contributed by atoms with Crippen molar-refractivity contribution in [2.75, 3.05) is 11.1 Å². The summed E-state index contributed by atoms with van der Waals surface area (Å²) in [6, 6.07) is 8.90. The van der Waals surface area contributed by atoms with Crippen molar-refractivity contribution < 1.29 is 4.79 Å². The van der Waals surface area contributed by atoms with Crippen LogP contribution < -0.4 is 5.32 Å². The first kappa shape index (κ1) is 18.3. The predicted octanol–water partition coefficient (Wildman–Crippen LogP) is 5.06. The third kappa shape index (κ3) is 4.55. The van der Waals surface area contributed by atoms with E-state index in [1.54, 1.807) is 29.5 Å². The number of hydrogen-bond donors (Lipinski definition) is 1. The molecule has 0 bridgehead atoms. The normalized spacial score (nSPS) is 10.8. The van der Waals surface area contributed by atoms with Crippen molar-refractivity contribution in [1.82, 2.24) is 14.8 Å². The van der Waals surface area contributed by atoms with Gasteiger partial charge in [0.15, 0.2) is 11.0 Å². The molecule has 0 radical (unpaired) electrons. The Kier molecular flexibility index (Phi) is 6.01. The quantitative estimate of drug-likeness (QED) is 0.574. The first-order valence-electron chi connectivity index (χ1n) is 7.42. The van der Waals surface area contributed by atoms with Crippen LogP contribution in [0.1, 0.15) is 6.92 Å². The van der Waals surface area contributed by atoms with Crippen molar-refractivity contribution in [2.45, 2.75) is 18.6 Å². The molecular weight excluding hydrogens is 399 g/mol. The van der Waals surface area contributed by atoms with Crippen molar-refractivity contribution in [3.05, 3.63) is 45.8 Å². The van der Waals surface area contributed by atoms with E-state index >= 15 is 0 Å². The number of thiophene rings is 1. The molecule has 1 amide bonds. The molecule has 25 heavy (non-hydrogen) atoms. The van der Waals surface area contributed by atoms with Crippen LogP contribution in [0, 0.1) is 0 Å². The van der Waals surface area contributed by atoms with Gasteiger partial charge in [-0.3, -0.25) is 4.79 Å². The molecule has 3 rings (SSSR count). The van der Waals surface area contributed by atoms with Gasteiger partial charge in [0, 0.05) is 22.3 Å². The highest BCUT2D eigenvalue weighted by Crippen LogP contribution is 2.27. The molecule has 0 aliphatic rings. The van der Waals surface area contributed by atoms with Crippen LogP contribution in [0.5, 0.6) is 0 Å². The fourth-order valence-corrected chi connectivity index (χ4v) is 4.27. The van der Waals surface area contributed by atoms with Crippen LogP contribution in [0.3, 0.4) is 0 Å². The first-order chi connectivity index (χ1) is 12.1. The first-order valence-corrected chi connectivity index (χ1v) is 10.0. The SMILES string of the molecule is CCn1c(SCC(=O)Nc2cc(Cl)cc(Cl)c2)nnc1-c1cccs1. The average Bonchev–Trinajstić information content (AvgIpc) is 3.20. The number of rotatable bonds is 6. The Hall–Kier alpha value is -1.54. The molecule has 1 aromatic carbocycles. The van der Waals surface area contributed by atoms with Gasteiger partial charge < -0.3 is 9.88 Å². The number of nitrogens with one attached hydrogen (secondary N) is 1. The molecule has 0 aliphatic carbocycles. The number of aromatic nitrogens is 3. The number of thioether (sulfide) groups is 1. The van der Waals surface area contributed by atoms with Gasteiger partial charge in [0.25, 0.3) is 0 Å². The Balaban J connectivity index is 1.66. The molecule has 2 aromatic heterocycles. The number of benzene rings is 1. The van der Waals surface area contributed by atoms with E-state index < -0.39 is 0 Å². The van der Waals surface area contributed by atoms with E-state index in [9.17, 15) is 4.79 Å². The zero-order chi connectivity index (χ0) is 17.8. The van der Waals surface area contributed by atoms with Crippen LogP contribution in [0.4, 0.5) is 5.69 Å². The minimum absolute atomic E-state index is 0.160. The monoisotopic (exact) mass is 412 g/mol. The lowest BCUT2D eigenvalue weighted by Gasteiger charge is -2.07. The van der Waals surface area contributed by atoms with Gasteiger partial charge in [-0.1, -0.05) is 41.0 Å². The summed E-state index contributed by atoms with van der Waals surface area (Å²) in [4.78, 5) is 13.2. The van der Waals surface area contributed by atoms with Gasteiger partial charge in [0.1, 0.15) is 0 Å². The Bertz CT molecular complexity index is 860. The maximum atomic E-state index is 12.2. The Morgan fingerprint density at radius 3 is 2.68 bits per heavy atom. The second kappa shape index (κ2) is 8.23. The number of carbonyl (C=O) groups excluding carboxylic acids is 1. The fraction of sp³-hybridized carbons (Fsp3) is 0.188. The summed E-state index contributed by atoms with van der Waals surface area (Å²) in [6.07, 6.45) is 0. The fourth-order valence-electron chi connectivity index (χ4n) is 2.22. The molecule has 0 unspecified atom stereocenters. The maximum absolute atomic E-state index is 12.2. The summed E-state index contributed by atoms with van der Waals surface area (Å²) < 4.78 is 2.00. The molecule has 0 spiro atoms. The van der Waals surface area contributed by atoms with E-state index in [2.05, 4.69) is 15.5 Å². The molecule has 3 aromatic rings. The summed E-state index contributed by atoms with van der Waals surface area (Å²) in [5.41, 5.74) is 0.569. The zero-order valence-corrected chi connectivity index (χ0v) is 16.3. The van der Waals surface area contributed by atoms with E-state index in [-0.39, 0.29) is 11.7 Å². The lowest BCUT2D eigenvalue weighted by Crippen LogP contribution is -2.14. The summed E-state index contributed by atoms with van der Waals surface area (Å²) in [5.74, 6) is 0.876. The number of amides is 1. The molecule has 9 heteroatoms. The van der Waals surface area contributed by atoms with Crippen molar-refractivity contribution in [1.29, 1.82) is 0 Å². The average molecular weight is 413 g/mol. The Labute approximate surface area is 163 Å². The second-order valence-corrected chi connectivity index (χ2v) is 7.79. The van der Waals surface area contributed by atoms with Crippen molar-refractivity contribution in [2.24, 2.45) is 0 Å². The van der Waals surface area contributed by atoms with E-state index in [1.807, 2.05) is 29.0 Å². The van der Waals surface area contributed by atoms with Crippen molar-refractivity contribution >= 4 is 57.9 Å². The summed E-state index contributed by atoms with van der Waals surface area (Å²) in [6.45, 7) is 2.76. The van der Waals surface area contributed by atoms with Gasteiger partial charge in [-0.25, -0.2) is 0 Å². The molecule has 0 fully saturated rings. The van der Waals surface area contributed by atoms with Gasteiger partial charge in [-0.05, 0) is 36.6 Å². The topological polar surface area (TPSA) is 59.8 Å². The van der Waals surface area contributed by atoms with Crippen LogP contribution >= 0.6 is 46.3 Å². The third-order valence-corrected chi connectivity index (χ3v) is 5.52. The molecular formula is C16H14Cl2N4OS2. The lowest BCUT2D eigenvalue weighted by atomic mass is 10.3. The van der Waals surface area contributed by atoms with Crippen molar-refractivity contribution in [3.8, 4) is 10.7 Å². The minimum Gasteiger partial charge on any atom is -0.325 e. The molecule has 130 valence electrons. The number of halogens is 2. The van der Waals surface area contributed by atoms with Crippen LogP contribution in [0.2, 0.25) is 10.0 Å². The van der Waals surface area contributed by atoms with Gasteiger partial charge in [0.2, 0.25) is 5.91 Å². The standard InChI is InChI=1S/C16H14Cl2N4OS2/c1-2-22-15(13-4-3-5-24-13)20-21-16(22)25-9-14(23)19-12-7-10(17)6-11(18)8-12/h3-8H,2,9H2,1H3,(H,19,23). The summed E-state index contributed by atoms with van der Waals surface area (Å²) >= 11 is 14.8. The molecule has 2 heterocycles.